The number of aromatic amines is 1. The summed E-state index contributed by atoms with van der Waals surface area (Å²) in [6.45, 7) is 3.52. The fourth-order valence-corrected chi connectivity index (χ4v) is 4.62. The van der Waals surface area contributed by atoms with Gasteiger partial charge in [0.25, 0.3) is 5.56 Å². The van der Waals surface area contributed by atoms with Gasteiger partial charge in [-0.1, -0.05) is 48.2 Å². The van der Waals surface area contributed by atoms with Gasteiger partial charge in [0.2, 0.25) is 0 Å². The van der Waals surface area contributed by atoms with Crippen LogP contribution in [0.3, 0.4) is 0 Å². The van der Waals surface area contributed by atoms with Gasteiger partial charge in [-0.2, -0.15) is 0 Å². The number of hydrogen-bond acceptors (Lipinski definition) is 8. The first-order valence-electron chi connectivity index (χ1n) is 11.1. The minimum atomic E-state index is -1.01. The van der Waals surface area contributed by atoms with E-state index in [1.807, 2.05) is 42.5 Å². The van der Waals surface area contributed by atoms with Crippen LogP contribution in [-0.4, -0.2) is 54.7 Å². The topological polar surface area (TPSA) is 128 Å². The third-order valence-electron chi connectivity index (χ3n) is 5.45. The second kappa shape index (κ2) is 10.4. The molecule has 35 heavy (non-hydrogen) atoms. The predicted octanol–water partition coefficient (Wildman–Crippen LogP) is 2.06. The molecule has 0 saturated carbocycles. The predicted molar refractivity (Wildman–Crippen MR) is 133 cm³/mol. The van der Waals surface area contributed by atoms with Crippen LogP contribution in [0.5, 0.6) is 5.75 Å². The van der Waals surface area contributed by atoms with E-state index in [1.165, 1.54) is 16.2 Å². The highest BCUT2D eigenvalue weighted by Gasteiger charge is 2.24. The Morgan fingerprint density at radius 2 is 1.94 bits per heavy atom. The number of ether oxygens (including phenoxy) is 2. The fourth-order valence-electron chi connectivity index (χ4n) is 3.71. The Labute approximate surface area is 204 Å². The number of H-pyrrole nitrogens is 1. The number of esters is 1. The fraction of sp³-hybridized carbons (Fsp3) is 0.333. The van der Waals surface area contributed by atoms with Crippen LogP contribution in [0.2, 0.25) is 0 Å². The van der Waals surface area contributed by atoms with E-state index in [0.29, 0.717) is 10.9 Å². The summed E-state index contributed by atoms with van der Waals surface area (Å²) in [6.07, 6.45) is -1.01. The van der Waals surface area contributed by atoms with E-state index in [0.717, 1.165) is 22.5 Å². The van der Waals surface area contributed by atoms with Crippen molar-refractivity contribution >= 4 is 39.7 Å². The Kier molecular flexibility index (Phi) is 7.27. The molecule has 0 bridgehead atoms. The van der Waals surface area contributed by atoms with Crippen molar-refractivity contribution in [1.29, 1.82) is 0 Å². The van der Waals surface area contributed by atoms with Crippen LogP contribution in [0.25, 0.3) is 21.9 Å². The van der Waals surface area contributed by atoms with E-state index in [4.69, 9.17) is 9.47 Å². The summed E-state index contributed by atoms with van der Waals surface area (Å²) in [4.78, 5) is 43.6. The number of thioether (sulfide) groups is 1. The number of benzene rings is 2. The molecule has 0 spiro atoms. The van der Waals surface area contributed by atoms with Gasteiger partial charge < -0.3 is 19.1 Å². The number of rotatable bonds is 9. The zero-order chi connectivity index (χ0) is 25.1. The van der Waals surface area contributed by atoms with E-state index in [9.17, 15) is 19.5 Å². The molecule has 2 heterocycles. The maximum Gasteiger partial charge on any atom is 0.329 e. The molecule has 2 atom stereocenters. The Balaban J connectivity index is 1.63. The van der Waals surface area contributed by atoms with E-state index in [1.54, 1.807) is 13.8 Å². The lowest BCUT2D eigenvalue weighted by molar-refractivity contribution is -0.142. The summed E-state index contributed by atoms with van der Waals surface area (Å²) < 4.78 is 13.7. The van der Waals surface area contributed by atoms with Crippen LogP contribution < -0.4 is 16.0 Å². The van der Waals surface area contributed by atoms with Gasteiger partial charge in [0.15, 0.2) is 16.3 Å². The molecule has 2 N–H and O–H groups in total. The molecule has 2 aromatic carbocycles. The van der Waals surface area contributed by atoms with Gasteiger partial charge >= 0.3 is 11.7 Å². The molecule has 0 aliphatic carbocycles. The Bertz CT molecular complexity index is 1490. The van der Waals surface area contributed by atoms with E-state index in [-0.39, 0.29) is 30.9 Å². The van der Waals surface area contributed by atoms with Crippen molar-refractivity contribution in [1.82, 2.24) is 19.1 Å². The summed E-state index contributed by atoms with van der Waals surface area (Å²) in [5.41, 5.74) is -0.968. The lowest BCUT2D eigenvalue weighted by Gasteiger charge is -2.17. The second-order valence-corrected chi connectivity index (χ2v) is 9.26. The van der Waals surface area contributed by atoms with Gasteiger partial charge in [-0.3, -0.25) is 19.1 Å². The molecule has 0 unspecified atom stereocenters. The summed E-state index contributed by atoms with van der Waals surface area (Å²) in [5, 5.41) is 12.4. The number of carbonyl (C=O) groups excluding carboxylic acids is 1. The van der Waals surface area contributed by atoms with Crippen LogP contribution in [0.15, 0.2) is 57.2 Å². The quantitative estimate of drug-likeness (QED) is 0.265. The Morgan fingerprint density at radius 1 is 1.20 bits per heavy atom. The van der Waals surface area contributed by atoms with Crippen molar-refractivity contribution in [2.45, 2.75) is 36.9 Å². The molecule has 0 fully saturated rings. The lowest BCUT2D eigenvalue weighted by atomic mass is 10.1. The highest BCUT2D eigenvalue weighted by atomic mass is 32.2. The number of aliphatic hydroxyl groups is 1. The maximum atomic E-state index is 12.7. The number of carbonyl (C=O) groups is 1. The molecule has 0 aliphatic heterocycles. The Morgan fingerprint density at radius 3 is 2.71 bits per heavy atom. The molecule has 2 aromatic heterocycles. The van der Waals surface area contributed by atoms with Crippen LogP contribution in [-0.2, 0) is 23.1 Å². The van der Waals surface area contributed by atoms with Crippen LogP contribution in [0.4, 0.5) is 0 Å². The van der Waals surface area contributed by atoms with Crippen LogP contribution >= 0.6 is 11.8 Å². The zero-order valence-electron chi connectivity index (χ0n) is 19.6. The van der Waals surface area contributed by atoms with Gasteiger partial charge in [0.1, 0.15) is 23.7 Å². The summed E-state index contributed by atoms with van der Waals surface area (Å²) in [5.74, 6) is 0.196. The molecule has 0 radical (unpaired) electrons. The highest BCUT2D eigenvalue weighted by molar-refractivity contribution is 8.00. The first-order chi connectivity index (χ1) is 16.8. The number of imidazole rings is 1. The first kappa shape index (κ1) is 24.6. The maximum absolute atomic E-state index is 12.7. The third-order valence-corrected chi connectivity index (χ3v) is 6.52. The van der Waals surface area contributed by atoms with Gasteiger partial charge in [0.05, 0.1) is 13.2 Å². The molecule has 0 saturated heterocycles. The van der Waals surface area contributed by atoms with Gasteiger partial charge in [-0.15, -0.1) is 0 Å². The lowest BCUT2D eigenvalue weighted by Crippen LogP contribution is -2.31. The van der Waals surface area contributed by atoms with Crippen LogP contribution in [0, 0.1) is 0 Å². The average molecular weight is 499 g/mol. The van der Waals surface area contributed by atoms with E-state index < -0.39 is 28.6 Å². The van der Waals surface area contributed by atoms with Gasteiger partial charge in [-0.05, 0) is 25.3 Å². The Hall–Kier alpha value is -3.57. The van der Waals surface area contributed by atoms with Crippen LogP contribution in [0.1, 0.15) is 13.8 Å². The molecule has 4 rings (SSSR count). The van der Waals surface area contributed by atoms with Crippen molar-refractivity contribution in [2.75, 3.05) is 13.2 Å². The van der Waals surface area contributed by atoms with E-state index in [2.05, 4.69) is 9.97 Å². The smallest absolute Gasteiger partial charge is 0.329 e. The number of fused-ring (bicyclic) bond motifs is 2. The second-order valence-electron chi connectivity index (χ2n) is 7.95. The number of aliphatic hydroxyl groups excluding tert-OH is 1. The largest absolute Gasteiger partial charge is 0.490 e. The summed E-state index contributed by atoms with van der Waals surface area (Å²) in [6, 6.07) is 13.4. The minimum Gasteiger partial charge on any atom is -0.490 e. The van der Waals surface area contributed by atoms with Crippen molar-refractivity contribution in [2.24, 2.45) is 7.05 Å². The number of nitrogens with zero attached hydrogens (tertiary/aromatic N) is 3. The number of aryl methyl sites for hydroxylation is 1. The van der Waals surface area contributed by atoms with Crippen molar-refractivity contribution in [3.63, 3.8) is 0 Å². The zero-order valence-corrected chi connectivity index (χ0v) is 20.4. The van der Waals surface area contributed by atoms with Crippen molar-refractivity contribution in [3.05, 3.63) is 63.3 Å². The average Bonchev–Trinajstić information content (AvgIpc) is 3.19. The molecule has 0 aliphatic rings. The summed E-state index contributed by atoms with van der Waals surface area (Å²) in [7, 11) is 1.49. The van der Waals surface area contributed by atoms with Crippen molar-refractivity contribution < 1.29 is 19.4 Å². The minimum absolute atomic E-state index is 0.0412. The SMILES string of the molecule is CCOC(=O)[C@@H](C)Sc1nc2c(c(=O)[nH]c(=O)n2C)n1C[C@@H](O)COc1cccc2ccccc12. The number of aromatic nitrogens is 4. The molecular formula is C24H26N4O6S. The van der Waals surface area contributed by atoms with E-state index >= 15 is 0 Å². The molecule has 11 heteroatoms. The summed E-state index contributed by atoms with van der Waals surface area (Å²) >= 11 is 1.08. The number of hydrogen-bond donors (Lipinski definition) is 2. The molecule has 184 valence electrons. The molecule has 10 nitrogen and oxygen atoms in total. The van der Waals surface area contributed by atoms with Crippen molar-refractivity contribution in [3.8, 4) is 5.75 Å². The molecular weight excluding hydrogens is 472 g/mol. The monoisotopic (exact) mass is 498 g/mol. The highest BCUT2D eigenvalue weighted by Crippen LogP contribution is 2.28. The standard InChI is InChI=1S/C24H26N4O6S/c1-4-33-22(31)14(2)35-24-25-20-19(21(30)26-23(32)27(20)3)28(24)12-16(29)13-34-18-11-7-9-15-8-5-6-10-17(15)18/h5-11,14,16,29H,4,12-13H2,1-3H3,(H,26,30,32)/t14-,16-/m1/s1. The normalized spacial score (nSPS) is 13.1. The first-order valence-corrected chi connectivity index (χ1v) is 12.0. The third kappa shape index (κ3) is 5.10. The van der Waals surface area contributed by atoms with Gasteiger partial charge in [0, 0.05) is 12.4 Å². The number of nitrogens with one attached hydrogen (secondary N) is 1. The van der Waals surface area contributed by atoms with Gasteiger partial charge in [-0.25, -0.2) is 9.78 Å². The molecule has 0 amide bonds. The molecule has 4 aromatic rings.